The Morgan fingerprint density at radius 1 is 1.27 bits per heavy atom. The molecule has 2 rings (SSSR count). The van der Waals surface area contributed by atoms with Gasteiger partial charge in [0, 0.05) is 19.1 Å². The molecule has 1 aliphatic carbocycles. The SMILES string of the molecule is CCN(CC)C(=O)[C@@]1(c2ccccc2)C[C@H]1C(N)CC(C)C. The number of hydrogen-bond donors (Lipinski definition) is 1. The van der Waals surface area contributed by atoms with E-state index in [9.17, 15) is 4.79 Å². The molecule has 1 aliphatic rings. The second-order valence-corrected chi connectivity index (χ2v) is 6.92. The van der Waals surface area contributed by atoms with Crippen molar-refractivity contribution in [3.8, 4) is 0 Å². The van der Waals surface area contributed by atoms with Crippen LogP contribution in [0.15, 0.2) is 30.3 Å². The molecule has 1 saturated carbocycles. The van der Waals surface area contributed by atoms with Gasteiger partial charge in [-0.1, -0.05) is 44.2 Å². The summed E-state index contributed by atoms with van der Waals surface area (Å²) in [7, 11) is 0. The maximum atomic E-state index is 13.2. The van der Waals surface area contributed by atoms with Gasteiger partial charge in [0.05, 0.1) is 5.41 Å². The molecule has 0 spiro atoms. The second kappa shape index (κ2) is 6.82. The van der Waals surface area contributed by atoms with Crippen molar-refractivity contribution in [1.29, 1.82) is 0 Å². The first-order valence-corrected chi connectivity index (χ1v) is 8.57. The van der Waals surface area contributed by atoms with E-state index in [-0.39, 0.29) is 23.3 Å². The molecular formula is C19H30N2O. The first-order chi connectivity index (χ1) is 10.5. The smallest absolute Gasteiger partial charge is 0.233 e. The molecule has 1 fully saturated rings. The second-order valence-electron chi connectivity index (χ2n) is 6.92. The highest BCUT2D eigenvalue weighted by Gasteiger charge is 2.63. The van der Waals surface area contributed by atoms with Crippen molar-refractivity contribution >= 4 is 5.91 Å². The number of likely N-dealkylation sites (N-methyl/N-ethyl adjacent to an activating group) is 1. The van der Waals surface area contributed by atoms with Gasteiger partial charge in [0.15, 0.2) is 0 Å². The van der Waals surface area contributed by atoms with Gasteiger partial charge in [0.2, 0.25) is 5.91 Å². The van der Waals surface area contributed by atoms with Crippen molar-refractivity contribution in [3.05, 3.63) is 35.9 Å². The van der Waals surface area contributed by atoms with Crippen molar-refractivity contribution in [1.82, 2.24) is 4.90 Å². The van der Waals surface area contributed by atoms with E-state index in [1.165, 1.54) is 0 Å². The van der Waals surface area contributed by atoms with Gasteiger partial charge in [-0.3, -0.25) is 4.79 Å². The predicted molar refractivity (Wildman–Crippen MR) is 91.6 cm³/mol. The van der Waals surface area contributed by atoms with Crippen LogP contribution in [-0.4, -0.2) is 29.9 Å². The van der Waals surface area contributed by atoms with E-state index in [0.717, 1.165) is 31.5 Å². The molecule has 1 unspecified atom stereocenters. The standard InChI is InChI=1S/C19H30N2O/c1-5-21(6-2)18(22)19(15-10-8-7-9-11-15)13-16(19)17(20)12-14(3)4/h7-11,14,16-17H,5-6,12-13,20H2,1-4H3/t16-,17?,19+/m0/s1. The summed E-state index contributed by atoms with van der Waals surface area (Å²) in [4.78, 5) is 15.1. The Bertz CT molecular complexity index is 495. The summed E-state index contributed by atoms with van der Waals surface area (Å²) in [5.74, 6) is 1.09. The van der Waals surface area contributed by atoms with E-state index >= 15 is 0 Å². The molecule has 1 aromatic rings. The van der Waals surface area contributed by atoms with Crippen LogP contribution in [0.4, 0.5) is 0 Å². The Kier molecular flexibility index (Phi) is 5.28. The molecule has 3 heteroatoms. The minimum absolute atomic E-state index is 0.0970. The molecule has 0 saturated heterocycles. The zero-order chi connectivity index (χ0) is 16.3. The third-order valence-electron chi connectivity index (χ3n) is 5.00. The normalized spacial score (nSPS) is 25.1. The Balaban J connectivity index is 2.31. The molecular weight excluding hydrogens is 272 g/mol. The summed E-state index contributed by atoms with van der Waals surface area (Å²) in [5, 5.41) is 0. The van der Waals surface area contributed by atoms with Crippen LogP contribution in [0.3, 0.4) is 0 Å². The van der Waals surface area contributed by atoms with E-state index < -0.39 is 0 Å². The van der Waals surface area contributed by atoms with Crippen LogP contribution < -0.4 is 5.73 Å². The number of hydrogen-bond acceptors (Lipinski definition) is 2. The highest BCUT2D eigenvalue weighted by molar-refractivity contribution is 5.92. The fourth-order valence-electron chi connectivity index (χ4n) is 3.74. The number of carbonyl (C=O) groups excluding carboxylic acids is 1. The number of benzene rings is 1. The molecule has 1 aromatic carbocycles. The summed E-state index contributed by atoms with van der Waals surface area (Å²) in [5.41, 5.74) is 7.19. The number of rotatable bonds is 7. The van der Waals surface area contributed by atoms with Gasteiger partial charge in [-0.25, -0.2) is 0 Å². The van der Waals surface area contributed by atoms with Crippen molar-refractivity contribution < 1.29 is 4.79 Å². The summed E-state index contributed by atoms with van der Waals surface area (Å²) < 4.78 is 0. The summed E-state index contributed by atoms with van der Waals surface area (Å²) >= 11 is 0. The van der Waals surface area contributed by atoms with Crippen LogP contribution in [0, 0.1) is 11.8 Å². The van der Waals surface area contributed by atoms with E-state index in [4.69, 9.17) is 5.73 Å². The monoisotopic (exact) mass is 302 g/mol. The van der Waals surface area contributed by atoms with Crippen LogP contribution in [0.5, 0.6) is 0 Å². The number of nitrogens with two attached hydrogens (primary N) is 1. The van der Waals surface area contributed by atoms with Crippen LogP contribution >= 0.6 is 0 Å². The van der Waals surface area contributed by atoms with Crippen LogP contribution in [0.2, 0.25) is 0 Å². The molecule has 2 N–H and O–H groups in total. The Morgan fingerprint density at radius 3 is 2.36 bits per heavy atom. The summed E-state index contributed by atoms with van der Waals surface area (Å²) in [6.45, 7) is 10.0. The van der Waals surface area contributed by atoms with Gasteiger partial charge >= 0.3 is 0 Å². The van der Waals surface area contributed by atoms with Crippen molar-refractivity contribution in [2.45, 2.75) is 52.0 Å². The molecule has 0 bridgehead atoms. The van der Waals surface area contributed by atoms with Gasteiger partial charge in [-0.05, 0) is 44.1 Å². The van der Waals surface area contributed by atoms with Gasteiger partial charge in [0.25, 0.3) is 0 Å². The topological polar surface area (TPSA) is 46.3 Å². The van der Waals surface area contributed by atoms with Gasteiger partial charge in [0.1, 0.15) is 0 Å². The molecule has 122 valence electrons. The zero-order valence-corrected chi connectivity index (χ0v) is 14.4. The van der Waals surface area contributed by atoms with Crippen molar-refractivity contribution in [2.75, 3.05) is 13.1 Å². The van der Waals surface area contributed by atoms with E-state index in [1.54, 1.807) is 0 Å². The number of carbonyl (C=O) groups is 1. The van der Waals surface area contributed by atoms with Gasteiger partial charge < -0.3 is 10.6 Å². The van der Waals surface area contributed by atoms with Crippen LogP contribution in [0.1, 0.15) is 46.1 Å². The lowest BCUT2D eigenvalue weighted by molar-refractivity contribution is -0.134. The van der Waals surface area contributed by atoms with Crippen LogP contribution in [0.25, 0.3) is 0 Å². The Hall–Kier alpha value is -1.35. The van der Waals surface area contributed by atoms with E-state index in [0.29, 0.717) is 5.92 Å². The van der Waals surface area contributed by atoms with E-state index in [1.807, 2.05) is 36.9 Å². The summed E-state index contributed by atoms with van der Waals surface area (Å²) in [6, 6.07) is 10.3. The lowest BCUT2D eigenvalue weighted by atomic mass is 9.87. The predicted octanol–water partition coefficient (Wildman–Crippen LogP) is 3.19. The molecule has 0 aliphatic heterocycles. The highest BCUT2D eigenvalue weighted by Crippen LogP contribution is 2.57. The third kappa shape index (κ3) is 3.05. The average molecular weight is 302 g/mol. The Morgan fingerprint density at radius 2 is 1.86 bits per heavy atom. The zero-order valence-electron chi connectivity index (χ0n) is 14.4. The molecule has 3 atom stereocenters. The maximum Gasteiger partial charge on any atom is 0.233 e. The van der Waals surface area contributed by atoms with Gasteiger partial charge in [-0.15, -0.1) is 0 Å². The Labute approximate surface area is 134 Å². The lowest BCUT2D eigenvalue weighted by Gasteiger charge is -2.28. The molecule has 22 heavy (non-hydrogen) atoms. The first-order valence-electron chi connectivity index (χ1n) is 8.57. The molecule has 1 amide bonds. The molecule has 3 nitrogen and oxygen atoms in total. The third-order valence-corrected chi connectivity index (χ3v) is 5.00. The molecule has 0 heterocycles. The maximum absolute atomic E-state index is 13.2. The molecule has 0 aromatic heterocycles. The molecule has 0 radical (unpaired) electrons. The van der Waals surface area contributed by atoms with Crippen LogP contribution in [-0.2, 0) is 10.2 Å². The van der Waals surface area contributed by atoms with Gasteiger partial charge in [-0.2, -0.15) is 0 Å². The number of nitrogens with zero attached hydrogens (tertiary/aromatic N) is 1. The lowest BCUT2D eigenvalue weighted by Crippen LogP contribution is -2.42. The minimum Gasteiger partial charge on any atom is -0.342 e. The largest absolute Gasteiger partial charge is 0.342 e. The fourth-order valence-corrected chi connectivity index (χ4v) is 3.74. The quantitative estimate of drug-likeness (QED) is 0.841. The fraction of sp³-hybridized carbons (Fsp3) is 0.632. The summed E-state index contributed by atoms with van der Waals surface area (Å²) in [6.07, 6.45) is 1.87. The minimum atomic E-state index is -0.387. The highest BCUT2D eigenvalue weighted by atomic mass is 16.2. The van der Waals surface area contributed by atoms with E-state index in [2.05, 4.69) is 26.0 Å². The van der Waals surface area contributed by atoms with Crippen molar-refractivity contribution in [2.24, 2.45) is 17.6 Å². The number of amides is 1. The first kappa shape index (κ1) is 17.0. The average Bonchev–Trinajstić information content (AvgIpc) is 3.25. The van der Waals surface area contributed by atoms with Crippen molar-refractivity contribution in [3.63, 3.8) is 0 Å².